The first-order chi connectivity index (χ1) is 18.8. The Kier molecular flexibility index (Phi) is 4.52. The fourth-order valence-electron chi connectivity index (χ4n) is 5.81. The molecule has 0 N–H and O–H groups in total. The van der Waals surface area contributed by atoms with E-state index in [0.717, 1.165) is 16.9 Å². The minimum Gasteiger partial charge on any atom is -0.317 e. The van der Waals surface area contributed by atoms with Gasteiger partial charge < -0.3 is 9.13 Å². The summed E-state index contributed by atoms with van der Waals surface area (Å²) in [6, 6.07) is 45.5. The average Bonchev–Trinajstić information content (AvgIpc) is 3.56. The van der Waals surface area contributed by atoms with Crippen LogP contribution in [0.1, 0.15) is 0 Å². The van der Waals surface area contributed by atoms with Crippen molar-refractivity contribution in [2.24, 2.45) is 0 Å². The van der Waals surface area contributed by atoms with Crippen LogP contribution in [0, 0.1) is 0 Å². The number of hydrogen-bond acceptors (Lipinski definition) is 1. The molecule has 3 aromatic heterocycles. The van der Waals surface area contributed by atoms with Crippen LogP contribution in [0.2, 0.25) is 0 Å². The Balaban J connectivity index is 1.40. The molecule has 8 rings (SSSR count). The van der Waals surface area contributed by atoms with Gasteiger partial charge in [-0.2, -0.15) is 0 Å². The van der Waals surface area contributed by atoms with Crippen molar-refractivity contribution in [2.75, 3.05) is 0 Å². The molecule has 0 spiro atoms. The SMILES string of the molecule is c1ccc(-n2ccc3cc4c(ccc5c6ccccc6n(-c6ccc(-c7ccccn7)cc6)c45)cc32)cc1. The molecule has 0 aliphatic rings. The first-order valence-electron chi connectivity index (χ1n) is 12.9. The topological polar surface area (TPSA) is 22.8 Å². The number of benzene rings is 5. The summed E-state index contributed by atoms with van der Waals surface area (Å²) >= 11 is 0. The van der Waals surface area contributed by atoms with E-state index in [4.69, 9.17) is 0 Å². The molecule has 0 saturated carbocycles. The van der Waals surface area contributed by atoms with Crippen LogP contribution in [0.5, 0.6) is 0 Å². The summed E-state index contributed by atoms with van der Waals surface area (Å²) in [7, 11) is 0. The van der Waals surface area contributed by atoms with E-state index in [-0.39, 0.29) is 0 Å². The number of hydrogen-bond donors (Lipinski definition) is 0. The lowest BCUT2D eigenvalue weighted by Gasteiger charge is -2.12. The third-order valence-electron chi connectivity index (χ3n) is 7.58. The van der Waals surface area contributed by atoms with E-state index in [2.05, 4.69) is 136 Å². The summed E-state index contributed by atoms with van der Waals surface area (Å²) in [5.41, 5.74) is 8.08. The number of fused-ring (bicyclic) bond motifs is 6. The molecule has 38 heavy (non-hydrogen) atoms. The average molecular weight is 486 g/mol. The summed E-state index contributed by atoms with van der Waals surface area (Å²) in [6.07, 6.45) is 4.01. The molecule has 0 aliphatic heterocycles. The Bertz CT molecular complexity index is 2100. The monoisotopic (exact) mass is 485 g/mol. The summed E-state index contributed by atoms with van der Waals surface area (Å²) in [5, 5.41) is 6.25. The van der Waals surface area contributed by atoms with Crippen molar-refractivity contribution in [3.05, 3.63) is 140 Å². The predicted molar refractivity (Wildman–Crippen MR) is 158 cm³/mol. The van der Waals surface area contributed by atoms with E-state index in [0.29, 0.717) is 0 Å². The second kappa shape index (κ2) is 8.19. The largest absolute Gasteiger partial charge is 0.317 e. The lowest BCUT2D eigenvalue weighted by molar-refractivity contribution is 1.13. The van der Waals surface area contributed by atoms with Crippen LogP contribution in [0.25, 0.3) is 66.1 Å². The van der Waals surface area contributed by atoms with Crippen molar-refractivity contribution >= 4 is 43.5 Å². The van der Waals surface area contributed by atoms with Crippen LogP contribution in [0.15, 0.2) is 140 Å². The highest BCUT2D eigenvalue weighted by molar-refractivity contribution is 6.20. The second-order valence-electron chi connectivity index (χ2n) is 9.73. The molecule has 3 heteroatoms. The molecule has 5 aromatic carbocycles. The quantitative estimate of drug-likeness (QED) is 0.245. The highest BCUT2D eigenvalue weighted by Crippen LogP contribution is 2.38. The van der Waals surface area contributed by atoms with E-state index in [9.17, 15) is 0 Å². The van der Waals surface area contributed by atoms with Gasteiger partial charge in [-0.15, -0.1) is 0 Å². The Morgan fingerprint density at radius 1 is 0.500 bits per heavy atom. The van der Waals surface area contributed by atoms with Crippen LogP contribution in [0.3, 0.4) is 0 Å². The lowest BCUT2D eigenvalue weighted by atomic mass is 10.0. The van der Waals surface area contributed by atoms with Crippen LogP contribution in [0.4, 0.5) is 0 Å². The molecule has 0 atom stereocenters. The summed E-state index contributed by atoms with van der Waals surface area (Å²) in [4.78, 5) is 4.53. The normalized spacial score (nSPS) is 11.7. The van der Waals surface area contributed by atoms with E-state index < -0.39 is 0 Å². The number of pyridine rings is 1. The summed E-state index contributed by atoms with van der Waals surface area (Å²) in [6.45, 7) is 0. The van der Waals surface area contributed by atoms with Gasteiger partial charge in [0.1, 0.15) is 0 Å². The molecule has 0 bridgehead atoms. The van der Waals surface area contributed by atoms with E-state index in [1.54, 1.807) is 0 Å². The molecule has 3 heterocycles. The summed E-state index contributed by atoms with van der Waals surface area (Å²) in [5.74, 6) is 0. The van der Waals surface area contributed by atoms with Gasteiger partial charge in [0.25, 0.3) is 0 Å². The zero-order valence-electron chi connectivity index (χ0n) is 20.6. The van der Waals surface area contributed by atoms with Gasteiger partial charge in [0.05, 0.1) is 22.2 Å². The summed E-state index contributed by atoms with van der Waals surface area (Å²) < 4.78 is 4.68. The van der Waals surface area contributed by atoms with Gasteiger partial charge >= 0.3 is 0 Å². The molecule has 3 nitrogen and oxygen atoms in total. The second-order valence-corrected chi connectivity index (χ2v) is 9.73. The lowest BCUT2D eigenvalue weighted by Crippen LogP contribution is -1.95. The van der Waals surface area contributed by atoms with Crippen molar-refractivity contribution in [2.45, 2.75) is 0 Å². The van der Waals surface area contributed by atoms with Crippen molar-refractivity contribution in [1.29, 1.82) is 0 Å². The van der Waals surface area contributed by atoms with E-state index in [1.165, 1.54) is 49.2 Å². The third kappa shape index (κ3) is 3.12. The standard InChI is InChI=1S/C35H23N3/c1-2-8-27(9-3-1)37-21-19-26-22-31-25(23-34(26)37)15-18-30-29-10-4-5-12-33(29)38(35(30)31)28-16-13-24(14-17-28)32-11-6-7-20-36-32/h1-23H. The van der Waals surface area contributed by atoms with Crippen LogP contribution in [-0.2, 0) is 0 Å². The highest BCUT2D eigenvalue weighted by Gasteiger charge is 2.16. The number of para-hydroxylation sites is 2. The number of nitrogens with zero attached hydrogens (tertiary/aromatic N) is 3. The van der Waals surface area contributed by atoms with E-state index in [1.807, 2.05) is 18.3 Å². The molecule has 0 radical (unpaired) electrons. The molecule has 0 unspecified atom stereocenters. The third-order valence-corrected chi connectivity index (χ3v) is 7.58. The molecule has 178 valence electrons. The Morgan fingerprint density at radius 2 is 1.32 bits per heavy atom. The van der Waals surface area contributed by atoms with E-state index >= 15 is 0 Å². The fourth-order valence-corrected chi connectivity index (χ4v) is 5.81. The van der Waals surface area contributed by atoms with Crippen molar-refractivity contribution in [3.8, 4) is 22.6 Å². The molecule has 8 aromatic rings. The van der Waals surface area contributed by atoms with Gasteiger partial charge in [-0.05, 0) is 66.0 Å². The van der Waals surface area contributed by atoms with Crippen molar-refractivity contribution in [1.82, 2.24) is 14.1 Å². The zero-order chi connectivity index (χ0) is 25.1. The minimum atomic E-state index is 0.983. The molecular weight excluding hydrogens is 462 g/mol. The molecule has 0 saturated heterocycles. The van der Waals surface area contributed by atoms with Crippen LogP contribution in [-0.4, -0.2) is 14.1 Å². The molecule has 0 fully saturated rings. The Morgan fingerprint density at radius 3 is 2.16 bits per heavy atom. The van der Waals surface area contributed by atoms with Gasteiger partial charge in [0, 0.05) is 50.9 Å². The Labute approximate surface area is 219 Å². The van der Waals surface area contributed by atoms with Crippen molar-refractivity contribution < 1.29 is 0 Å². The molecule has 0 aliphatic carbocycles. The maximum absolute atomic E-state index is 4.53. The smallest absolute Gasteiger partial charge is 0.0701 e. The fraction of sp³-hybridized carbons (Fsp3) is 0. The number of aromatic nitrogens is 3. The maximum atomic E-state index is 4.53. The van der Waals surface area contributed by atoms with Gasteiger partial charge in [-0.25, -0.2) is 0 Å². The van der Waals surface area contributed by atoms with Crippen molar-refractivity contribution in [3.63, 3.8) is 0 Å². The highest BCUT2D eigenvalue weighted by atomic mass is 15.0. The van der Waals surface area contributed by atoms with Gasteiger partial charge in [0.15, 0.2) is 0 Å². The van der Waals surface area contributed by atoms with Gasteiger partial charge in [-0.1, -0.05) is 66.7 Å². The maximum Gasteiger partial charge on any atom is 0.0701 e. The van der Waals surface area contributed by atoms with Gasteiger partial charge in [-0.3, -0.25) is 4.98 Å². The Hall–Kier alpha value is -5.15. The molecule has 0 amide bonds. The van der Waals surface area contributed by atoms with Crippen LogP contribution < -0.4 is 0 Å². The predicted octanol–water partition coefficient (Wildman–Crippen LogP) is 8.94. The van der Waals surface area contributed by atoms with Gasteiger partial charge in [0.2, 0.25) is 0 Å². The zero-order valence-corrected chi connectivity index (χ0v) is 20.6. The van der Waals surface area contributed by atoms with Crippen LogP contribution >= 0.6 is 0 Å². The first kappa shape index (κ1) is 21.0. The minimum absolute atomic E-state index is 0.983. The number of rotatable bonds is 3. The first-order valence-corrected chi connectivity index (χ1v) is 12.9. The molecular formula is C35H23N3.